The van der Waals surface area contributed by atoms with E-state index in [0.717, 1.165) is 49.0 Å². The molecule has 2 fully saturated rings. The minimum Gasteiger partial charge on any atom is -0.504 e. The van der Waals surface area contributed by atoms with Crippen LogP contribution in [0.5, 0.6) is 34.5 Å². The molecular weight excluding hydrogens is 666 g/mol. The largest absolute Gasteiger partial charge is 0.504 e. The van der Waals surface area contributed by atoms with Gasteiger partial charge in [0.1, 0.15) is 13.2 Å². The number of phenolic OH excluding ortho intramolecular Hbond substituents is 1. The Morgan fingerprint density at radius 1 is 0.860 bits per heavy atom. The van der Waals surface area contributed by atoms with Crippen LogP contribution in [0.3, 0.4) is 0 Å². The van der Waals surface area contributed by atoms with Crippen molar-refractivity contribution >= 4 is 29.7 Å². The zero-order chi connectivity index (χ0) is 35.9. The van der Waals surface area contributed by atoms with Gasteiger partial charge in [-0.1, -0.05) is 18.9 Å². The summed E-state index contributed by atoms with van der Waals surface area (Å²) in [7, 11) is 6.08. The number of rotatable bonds is 22. The number of urea groups is 1. The van der Waals surface area contributed by atoms with Crippen LogP contribution in [-0.4, -0.2) is 94.3 Å². The van der Waals surface area contributed by atoms with Crippen LogP contribution in [0.25, 0.3) is 0 Å². The molecule has 4 N–H and O–H groups in total. The summed E-state index contributed by atoms with van der Waals surface area (Å²) in [6.07, 6.45) is 6.93. The van der Waals surface area contributed by atoms with Crippen molar-refractivity contribution in [2.45, 2.75) is 81.5 Å². The van der Waals surface area contributed by atoms with Crippen LogP contribution in [0.1, 0.15) is 62.5 Å². The molecule has 3 amide bonds. The molecule has 0 aromatic heterocycles. The molecule has 0 saturated carbocycles. The molecule has 2 aromatic rings. The third kappa shape index (κ3) is 10.9. The Morgan fingerprint density at radius 3 is 2.38 bits per heavy atom. The van der Waals surface area contributed by atoms with Gasteiger partial charge in [0.25, 0.3) is 0 Å². The number of hydrogen-bond acceptors (Lipinski definition) is 11. The van der Waals surface area contributed by atoms with E-state index < -0.39 is 0 Å². The van der Waals surface area contributed by atoms with Crippen molar-refractivity contribution in [2.24, 2.45) is 0 Å². The molecule has 0 spiro atoms. The maximum absolute atomic E-state index is 12.4. The van der Waals surface area contributed by atoms with Crippen molar-refractivity contribution in [3.63, 3.8) is 0 Å². The molecule has 0 bridgehead atoms. The normalized spacial score (nSPS) is 17.7. The fourth-order valence-electron chi connectivity index (χ4n) is 6.23. The van der Waals surface area contributed by atoms with Gasteiger partial charge in [-0.25, -0.2) is 4.79 Å². The van der Waals surface area contributed by atoms with Crippen LogP contribution in [-0.2, 0) is 27.2 Å². The number of amides is 3. The highest BCUT2D eigenvalue weighted by Crippen LogP contribution is 2.47. The minimum absolute atomic E-state index is 0.0477. The highest BCUT2D eigenvalue weighted by molar-refractivity contribution is 8.00. The topological polar surface area (TPSA) is 163 Å². The van der Waals surface area contributed by atoms with Crippen molar-refractivity contribution in [2.75, 3.05) is 54.0 Å². The van der Waals surface area contributed by atoms with Crippen LogP contribution in [0.2, 0.25) is 0 Å². The van der Waals surface area contributed by atoms with Gasteiger partial charge in [0.15, 0.2) is 23.0 Å². The number of thioether (sulfide) groups is 1. The number of fused-ring (bicyclic) bond motifs is 1. The number of phenols is 1. The number of benzene rings is 2. The molecule has 276 valence electrons. The molecular formula is C36H51N3O10S. The first-order chi connectivity index (χ1) is 24.3. The monoisotopic (exact) mass is 717 g/mol. The zero-order valence-electron chi connectivity index (χ0n) is 29.5. The molecule has 50 heavy (non-hydrogen) atoms. The number of nitrogens with one attached hydrogen (secondary N) is 3. The maximum atomic E-state index is 12.4. The average molecular weight is 718 g/mol. The van der Waals surface area contributed by atoms with Gasteiger partial charge in [-0.15, -0.1) is 0 Å². The van der Waals surface area contributed by atoms with Crippen molar-refractivity contribution in [1.29, 1.82) is 0 Å². The number of aromatic hydroxyl groups is 1. The van der Waals surface area contributed by atoms with Gasteiger partial charge in [0, 0.05) is 36.0 Å². The number of unbranched alkanes of at least 4 members (excludes halogenated alkanes) is 3. The number of methoxy groups -OCH3 is 4. The van der Waals surface area contributed by atoms with Crippen molar-refractivity contribution in [3.8, 4) is 34.5 Å². The van der Waals surface area contributed by atoms with E-state index in [1.54, 1.807) is 19.2 Å². The summed E-state index contributed by atoms with van der Waals surface area (Å²) in [5.41, 5.74) is 1.70. The maximum Gasteiger partial charge on any atom is 0.315 e. The quantitative estimate of drug-likeness (QED) is 0.0769. The number of carbonyl (C=O) groups excluding carboxylic acids is 3. The molecule has 14 heteroatoms. The highest BCUT2D eigenvalue weighted by Gasteiger charge is 2.42. The second-order valence-corrected chi connectivity index (χ2v) is 13.5. The van der Waals surface area contributed by atoms with E-state index in [9.17, 15) is 19.5 Å². The standard InChI is InChI=1S/C36H51N3O10S/c1-44-27-16-14-23(20-26(27)40)13-15-24-21-28(45-2)34(46-3)35(47-4)33(24)49-19-18-48-31(42)12-6-5-9-17-37-30(41)11-8-7-10-29-32-25(22-50-29)38-36(43)39-32/h14,16,20-21,25,29,32,40H,5-13,15,17-19,22H2,1-4H3,(H,37,41)(H2,38,39,43)/t25-,29-,32-/m0/s1. The summed E-state index contributed by atoms with van der Waals surface area (Å²) in [6, 6.07) is 7.46. The number of aryl methyl sites for hydroxylation is 2. The SMILES string of the molecule is COc1ccc(CCc2cc(OC)c(OC)c(OC)c2OCCOC(=O)CCCCCNC(=O)CCCC[C@@H]2SC[C@@H]3NC(=O)N[C@@H]32)cc1O. The van der Waals surface area contributed by atoms with Gasteiger partial charge >= 0.3 is 12.0 Å². The summed E-state index contributed by atoms with van der Waals surface area (Å²) < 4.78 is 33.4. The van der Waals surface area contributed by atoms with Crippen molar-refractivity contribution in [3.05, 3.63) is 35.4 Å². The van der Waals surface area contributed by atoms with Gasteiger partial charge in [0.2, 0.25) is 17.4 Å². The van der Waals surface area contributed by atoms with Gasteiger partial charge < -0.3 is 49.5 Å². The Labute approximate surface area is 298 Å². The fourth-order valence-corrected chi connectivity index (χ4v) is 7.77. The molecule has 2 heterocycles. The molecule has 2 aliphatic heterocycles. The lowest BCUT2D eigenvalue weighted by molar-refractivity contribution is -0.144. The lowest BCUT2D eigenvalue weighted by atomic mass is 10.0. The lowest BCUT2D eigenvalue weighted by Gasteiger charge is -2.20. The molecule has 4 rings (SSSR count). The first kappa shape index (κ1) is 38.6. The Bertz CT molecular complexity index is 1440. The first-order valence-electron chi connectivity index (χ1n) is 17.2. The van der Waals surface area contributed by atoms with Gasteiger partial charge in [-0.2, -0.15) is 11.8 Å². The highest BCUT2D eigenvalue weighted by atomic mass is 32.2. The van der Waals surface area contributed by atoms with E-state index in [1.807, 2.05) is 23.9 Å². The molecule has 0 unspecified atom stereocenters. The van der Waals surface area contributed by atoms with Gasteiger partial charge in [-0.3, -0.25) is 9.59 Å². The third-order valence-corrected chi connectivity index (χ3v) is 10.3. The van der Waals surface area contributed by atoms with E-state index in [4.69, 9.17) is 28.4 Å². The zero-order valence-corrected chi connectivity index (χ0v) is 30.3. The number of ether oxygens (including phenoxy) is 6. The average Bonchev–Trinajstić information content (AvgIpc) is 3.67. The minimum atomic E-state index is -0.309. The molecule has 0 radical (unpaired) electrons. The van der Waals surface area contributed by atoms with E-state index in [1.165, 1.54) is 21.3 Å². The fraction of sp³-hybridized carbons (Fsp3) is 0.583. The van der Waals surface area contributed by atoms with Crippen LogP contribution < -0.4 is 39.6 Å². The van der Waals surface area contributed by atoms with E-state index >= 15 is 0 Å². The number of hydrogen-bond donors (Lipinski definition) is 4. The smallest absolute Gasteiger partial charge is 0.315 e. The molecule has 2 aromatic carbocycles. The van der Waals surface area contributed by atoms with E-state index in [-0.39, 0.29) is 55.4 Å². The molecule has 2 saturated heterocycles. The molecule has 0 aliphatic carbocycles. The third-order valence-electron chi connectivity index (χ3n) is 8.84. The molecule has 3 atom stereocenters. The lowest BCUT2D eigenvalue weighted by Crippen LogP contribution is -2.36. The molecule has 13 nitrogen and oxygen atoms in total. The van der Waals surface area contributed by atoms with Crippen LogP contribution in [0, 0.1) is 0 Å². The first-order valence-corrected chi connectivity index (χ1v) is 18.2. The Kier molecular flexibility index (Phi) is 15.3. The molecule has 2 aliphatic rings. The van der Waals surface area contributed by atoms with Crippen molar-refractivity contribution < 1.29 is 47.9 Å². The predicted octanol–water partition coefficient (Wildman–Crippen LogP) is 4.54. The van der Waals surface area contributed by atoms with Crippen LogP contribution in [0.4, 0.5) is 4.79 Å². The van der Waals surface area contributed by atoms with Gasteiger partial charge in [-0.05, 0) is 62.3 Å². The Morgan fingerprint density at radius 2 is 1.64 bits per heavy atom. The van der Waals surface area contributed by atoms with Crippen LogP contribution in [0.15, 0.2) is 24.3 Å². The number of carbonyl (C=O) groups is 3. The summed E-state index contributed by atoms with van der Waals surface area (Å²) in [5.74, 6) is 2.86. The predicted molar refractivity (Wildman–Crippen MR) is 190 cm³/mol. The summed E-state index contributed by atoms with van der Waals surface area (Å²) in [6.45, 7) is 0.745. The second-order valence-electron chi connectivity index (χ2n) is 12.2. The van der Waals surface area contributed by atoms with E-state index in [0.29, 0.717) is 66.2 Å². The Hall–Kier alpha value is -4.20. The Balaban J connectivity index is 1.11. The summed E-state index contributed by atoms with van der Waals surface area (Å²) >= 11 is 1.89. The summed E-state index contributed by atoms with van der Waals surface area (Å²) in [4.78, 5) is 36.1. The van der Waals surface area contributed by atoms with Gasteiger partial charge in [0.05, 0.1) is 40.5 Å². The summed E-state index contributed by atoms with van der Waals surface area (Å²) in [5, 5.41) is 19.5. The second kappa shape index (κ2) is 19.9. The van der Waals surface area contributed by atoms with E-state index in [2.05, 4.69) is 16.0 Å². The van der Waals surface area contributed by atoms with Crippen molar-refractivity contribution in [1.82, 2.24) is 16.0 Å². The number of esters is 1. The van der Waals surface area contributed by atoms with Crippen LogP contribution >= 0.6 is 11.8 Å².